The molecule has 0 bridgehead atoms. The van der Waals surface area contributed by atoms with Gasteiger partial charge in [-0.05, 0) is 62.4 Å². The first-order valence-corrected chi connectivity index (χ1v) is 9.77. The molecule has 7 nitrogen and oxygen atoms in total. The Morgan fingerprint density at radius 2 is 1.75 bits per heavy atom. The first-order valence-electron chi connectivity index (χ1n) is 9.77. The molecule has 1 aromatic carbocycles. The van der Waals surface area contributed by atoms with E-state index in [-0.39, 0.29) is 18.4 Å². The van der Waals surface area contributed by atoms with Gasteiger partial charge in [-0.15, -0.1) is 0 Å². The van der Waals surface area contributed by atoms with Crippen molar-refractivity contribution in [3.63, 3.8) is 0 Å². The maximum Gasteiger partial charge on any atom is 0.513 e. The van der Waals surface area contributed by atoms with Gasteiger partial charge >= 0.3 is 6.16 Å². The van der Waals surface area contributed by atoms with E-state index in [0.717, 1.165) is 0 Å². The lowest BCUT2D eigenvalue weighted by Gasteiger charge is -2.07. The molecule has 1 aliphatic carbocycles. The second kappa shape index (κ2) is 11.8. The summed E-state index contributed by atoms with van der Waals surface area (Å²) in [6.45, 7) is 2.87. The lowest BCUT2D eigenvalue weighted by Crippen LogP contribution is -2.29. The van der Waals surface area contributed by atoms with E-state index in [9.17, 15) is 14.4 Å². The highest BCUT2D eigenvalue weighted by Crippen LogP contribution is 2.25. The highest BCUT2D eigenvalue weighted by Gasteiger charge is 2.11. The fourth-order valence-corrected chi connectivity index (χ4v) is 2.95. The Hall–Kier alpha value is -2.83. The zero-order chi connectivity index (χ0) is 20.2. The molecular weight excluding hydrogens is 360 g/mol. The first-order chi connectivity index (χ1) is 13.6. The van der Waals surface area contributed by atoms with E-state index in [1.54, 1.807) is 25.1 Å². The summed E-state index contributed by atoms with van der Waals surface area (Å²) in [6.07, 6.45) is 8.32. The smallest absolute Gasteiger partial charge is 0.434 e. The van der Waals surface area contributed by atoms with Crippen LogP contribution in [0.2, 0.25) is 0 Å². The molecule has 1 fully saturated rings. The van der Waals surface area contributed by atoms with Crippen molar-refractivity contribution >= 4 is 18.0 Å². The maximum absolute atomic E-state index is 12.1. The van der Waals surface area contributed by atoms with Crippen LogP contribution in [0.25, 0.3) is 0 Å². The van der Waals surface area contributed by atoms with Gasteiger partial charge in [0.2, 0.25) is 5.91 Å². The number of rotatable bonds is 9. The predicted molar refractivity (Wildman–Crippen MR) is 105 cm³/mol. The number of hydrogen-bond donors (Lipinski definition) is 2. The van der Waals surface area contributed by atoms with Gasteiger partial charge in [0.1, 0.15) is 5.75 Å². The fourth-order valence-electron chi connectivity index (χ4n) is 2.95. The standard InChI is InChI=1S/C21H28N2O5/c1-2-27-21(26)28-18-11-9-17(10-12-18)20(25)23-15-5-14-22-19(24)13-8-16-6-3-4-7-16/h8-13,16H,2-7,14-15H2,1H3,(H,22,24)(H,23,25)/b13-8+. The molecule has 0 atom stereocenters. The van der Waals surface area contributed by atoms with E-state index >= 15 is 0 Å². The second-order valence-electron chi connectivity index (χ2n) is 6.61. The molecule has 2 N–H and O–H groups in total. The SMILES string of the molecule is CCOC(=O)Oc1ccc(C(=O)NCCCNC(=O)/C=C/C2CCCC2)cc1. The van der Waals surface area contributed by atoms with Gasteiger partial charge in [0.15, 0.2) is 0 Å². The quantitative estimate of drug-likeness (QED) is 0.293. The highest BCUT2D eigenvalue weighted by atomic mass is 16.7. The van der Waals surface area contributed by atoms with E-state index < -0.39 is 6.16 Å². The van der Waals surface area contributed by atoms with Gasteiger partial charge in [-0.3, -0.25) is 9.59 Å². The molecule has 1 aliphatic rings. The molecule has 2 rings (SSSR count). The number of hydrogen-bond acceptors (Lipinski definition) is 5. The summed E-state index contributed by atoms with van der Waals surface area (Å²) < 4.78 is 9.62. The molecule has 0 heterocycles. The van der Waals surface area contributed by atoms with Crippen LogP contribution in [-0.4, -0.2) is 37.7 Å². The zero-order valence-corrected chi connectivity index (χ0v) is 16.2. The van der Waals surface area contributed by atoms with Crippen LogP contribution in [0.4, 0.5) is 4.79 Å². The number of benzene rings is 1. The Bertz CT molecular complexity index is 679. The largest absolute Gasteiger partial charge is 0.513 e. The summed E-state index contributed by atoms with van der Waals surface area (Å²) in [5, 5.41) is 5.61. The average Bonchev–Trinajstić information content (AvgIpc) is 3.20. The number of nitrogens with one attached hydrogen (secondary N) is 2. The maximum atomic E-state index is 12.1. The Balaban J connectivity index is 1.61. The summed E-state index contributed by atoms with van der Waals surface area (Å²) in [5.41, 5.74) is 0.458. The van der Waals surface area contributed by atoms with Gasteiger partial charge in [-0.1, -0.05) is 18.9 Å². The summed E-state index contributed by atoms with van der Waals surface area (Å²) in [5.74, 6) is 0.535. The summed E-state index contributed by atoms with van der Waals surface area (Å²) in [7, 11) is 0. The number of amides is 2. The summed E-state index contributed by atoms with van der Waals surface area (Å²) >= 11 is 0. The van der Waals surface area contributed by atoms with Gasteiger partial charge in [0.05, 0.1) is 6.61 Å². The van der Waals surface area contributed by atoms with Crippen molar-refractivity contribution in [1.82, 2.24) is 10.6 Å². The number of allylic oxidation sites excluding steroid dienone is 1. The molecular formula is C21H28N2O5. The molecule has 28 heavy (non-hydrogen) atoms. The molecule has 152 valence electrons. The Morgan fingerprint density at radius 1 is 1.07 bits per heavy atom. The van der Waals surface area contributed by atoms with Crippen molar-refractivity contribution in [3.8, 4) is 5.75 Å². The van der Waals surface area contributed by atoms with Crippen LogP contribution >= 0.6 is 0 Å². The van der Waals surface area contributed by atoms with Crippen molar-refractivity contribution in [2.24, 2.45) is 5.92 Å². The van der Waals surface area contributed by atoms with Crippen LogP contribution in [0.5, 0.6) is 5.75 Å². The third-order valence-corrected chi connectivity index (χ3v) is 4.44. The minimum Gasteiger partial charge on any atom is -0.434 e. The lowest BCUT2D eigenvalue weighted by molar-refractivity contribution is -0.116. The van der Waals surface area contributed by atoms with Crippen LogP contribution in [0.15, 0.2) is 36.4 Å². The van der Waals surface area contributed by atoms with E-state index in [0.29, 0.717) is 36.7 Å². The van der Waals surface area contributed by atoms with Crippen molar-refractivity contribution in [2.45, 2.75) is 39.0 Å². The van der Waals surface area contributed by atoms with Gasteiger partial charge in [0.25, 0.3) is 5.91 Å². The molecule has 0 aliphatic heterocycles. The average molecular weight is 388 g/mol. The van der Waals surface area contributed by atoms with Gasteiger partial charge < -0.3 is 20.1 Å². The van der Waals surface area contributed by atoms with Crippen LogP contribution in [-0.2, 0) is 9.53 Å². The lowest BCUT2D eigenvalue weighted by atomic mass is 10.1. The van der Waals surface area contributed by atoms with Crippen molar-refractivity contribution in [3.05, 3.63) is 42.0 Å². The van der Waals surface area contributed by atoms with E-state index in [2.05, 4.69) is 15.4 Å². The Morgan fingerprint density at radius 3 is 2.43 bits per heavy atom. The van der Waals surface area contributed by atoms with Gasteiger partial charge in [0, 0.05) is 18.7 Å². The minimum absolute atomic E-state index is 0.0876. The molecule has 0 radical (unpaired) electrons. The minimum atomic E-state index is -0.778. The molecule has 7 heteroatoms. The molecule has 0 aromatic heterocycles. The first kappa shape index (κ1) is 21.5. The van der Waals surface area contributed by atoms with E-state index in [1.807, 2.05) is 6.08 Å². The zero-order valence-electron chi connectivity index (χ0n) is 16.2. The molecule has 1 saturated carbocycles. The van der Waals surface area contributed by atoms with E-state index in [1.165, 1.54) is 37.8 Å². The van der Waals surface area contributed by atoms with Crippen molar-refractivity contribution < 1.29 is 23.9 Å². The highest BCUT2D eigenvalue weighted by molar-refractivity contribution is 5.94. The topological polar surface area (TPSA) is 93.7 Å². The number of ether oxygens (including phenoxy) is 2. The van der Waals surface area contributed by atoms with Gasteiger partial charge in [-0.25, -0.2) is 4.79 Å². The summed E-state index contributed by atoms with van der Waals surface area (Å²) in [6, 6.07) is 6.20. The van der Waals surface area contributed by atoms with Crippen LogP contribution < -0.4 is 15.4 Å². The fraction of sp³-hybridized carbons (Fsp3) is 0.476. The molecule has 1 aromatic rings. The van der Waals surface area contributed by atoms with Crippen LogP contribution in [0, 0.1) is 5.92 Å². The van der Waals surface area contributed by atoms with Crippen LogP contribution in [0.1, 0.15) is 49.4 Å². The van der Waals surface area contributed by atoms with Crippen LogP contribution in [0.3, 0.4) is 0 Å². The second-order valence-corrected chi connectivity index (χ2v) is 6.61. The monoisotopic (exact) mass is 388 g/mol. The molecule has 2 amide bonds. The predicted octanol–water partition coefficient (Wildman–Crippen LogP) is 3.20. The third-order valence-electron chi connectivity index (χ3n) is 4.44. The Kier molecular flexibility index (Phi) is 9.04. The van der Waals surface area contributed by atoms with Crippen molar-refractivity contribution in [2.75, 3.05) is 19.7 Å². The molecule has 0 spiro atoms. The number of carbonyl (C=O) groups excluding carboxylic acids is 3. The van der Waals surface area contributed by atoms with Crippen molar-refractivity contribution in [1.29, 1.82) is 0 Å². The Labute approximate surface area is 165 Å². The normalized spacial score (nSPS) is 14.0. The summed E-state index contributed by atoms with van der Waals surface area (Å²) in [4.78, 5) is 35.1. The third kappa shape index (κ3) is 7.82. The number of carbonyl (C=O) groups is 3. The van der Waals surface area contributed by atoms with Gasteiger partial charge in [-0.2, -0.15) is 0 Å². The molecule has 0 saturated heterocycles. The van der Waals surface area contributed by atoms with E-state index in [4.69, 9.17) is 4.74 Å². The molecule has 0 unspecified atom stereocenters.